The van der Waals surface area contributed by atoms with E-state index in [9.17, 15) is 4.79 Å². The van der Waals surface area contributed by atoms with Gasteiger partial charge in [0.2, 0.25) is 0 Å². The molecular weight excluding hydrogens is 252 g/mol. The standard InChI is InChI=1S/C11H16N4O2S/c1-3-4-15(7-10(16)17-2)9-6-13-8(5-14-9)11(12)18/h5-6H,3-4,7H2,1-2H3,(H2,12,18). The van der Waals surface area contributed by atoms with Crippen molar-refractivity contribution in [2.24, 2.45) is 5.73 Å². The lowest BCUT2D eigenvalue weighted by Crippen LogP contribution is -2.32. The molecular formula is C11H16N4O2S. The van der Waals surface area contributed by atoms with E-state index in [1.807, 2.05) is 6.92 Å². The van der Waals surface area contributed by atoms with Gasteiger partial charge in [-0.1, -0.05) is 19.1 Å². The topological polar surface area (TPSA) is 81.3 Å². The molecule has 0 atom stereocenters. The minimum Gasteiger partial charge on any atom is -0.468 e. The van der Waals surface area contributed by atoms with E-state index in [-0.39, 0.29) is 17.5 Å². The molecule has 7 heteroatoms. The second-order valence-electron chi connectivity index (χ2n) is 3.62. The first-order valence-corrected chi connectivity index (χ1v) is 5.93. The number of esters is 1. The van der Waals surface area contributed by atoms with Crippen LogP contribution >= 0.6 is 12.2 Å². The van der Waals surface area contributed by atoms with Crippen LogP contribution in [0, 0.1) is 0 Å². The predicted molar refractivity (Wildman–Crippen MR) is 72.4 cm³/mol. The van der Waals surface area contributed by atoms with Crippen LogP contribution in [0.2, 0.25) is 0 Å². The summed E-state index contributed by atoms with van der Waals surface area (Å²) in [6.45, 7) is 2.85. The normalized spacial score (nSPS) is 9.89. The van der Waals surface area contributed by atoms with Gasteiger partial charge in [-0.25, -0.2) is 9.97 Å². The van der Waals surface area contributed by atoms with Crippen molar-refractivity contribution in [3.8, 4) is 0 Å². The van der Waals surface area contributed by atoms with Gasteiger partial charge in [0.05, 0.1) is 19.5 Å². The zero-order valence-electron chi connectivity index (χ0n) is 10.4. The number of ether oxygens (including phenoxy) is 1. The maximum Gasteiger partial charge on any atom is 0.325 e. The molecule has 1 rings (SSSR count). The number of hydrogen-bond donors (Lipinski definition) is 1. The zero-order valence-corrected chi connectivity index (χ0v) is 11.2. The van der Waals surface area contributed by atoms with E-state index in [1.165, 1.54) is 13.3 Å². The van der Waals surface area contributed by atoms with E-state index in [2.05, 4.69) is 14.7 Å². The first-order chi connectivity index (χ1) is 8.58. The summed E-state index contributed by atoms with van der Waals surface area (Å²) >= 11 is 4.80. The van der Waals surface area contributed by atoms with E-state index in [4.69, 9.17) is 18.0 Å². The van der Waals surface area contributed by atoms with Gasteiger partial charge < -0.3 is 15.4 Å². The highest BCUT2D eigenvalue weighted by molar-refractivity contribution is 7.80. The Morgan fingerprint density at radius 2 is 2.22 bits per heavy atom. The number of thiocarbonyl (C=S) groups is 1. The van der Waals surface area contributed by atoms with E-state index in [1.54, 1.807) is 11.1 Å². The maximum absolute atomic E-state index is 11.3. The van der Waals surface area contributed by atoms with E-state index < -0.39 is 0 Å². The molecule has 0 aliphatic heterocycles. The molecule has 1 aromatic heterocycles. The van der Waals surface area contributed by atoms with Crippen LogP contribution in [0.25, 0.3) is 0 Å². The van der Waals surface area contributed by atoms with Gasteiger partial charge in [-0.15, -0.1) is 0 Å². The number of hydrogen-bond acceptors (Lipinski definition) is 6. The van der Waals surface area contributed by atoms with E-state index >= 15 is 0 Å². The van der Waals surface area contributed by atoms with Gasteiger partial charge in [0.25, 0.3) is 0 Å². The van der Waals surface area contributed by atoms with Crippen LogP contribution in [-0.2, 0) is 9.53 Å². The Bertz CT molecular complexity index is 422. The minimum atomic E-state index is -0.316. The highest BCUT2D eigenvalue weighted by atomic mass is 32.1. The number of carbonyl (C=O) groups excluding carboxylic acids is 1. The number of aromatic nitrogens is 2. The smallest absolute Gasteiger partial charge is 0.325 e. The fraction of sp³-hybridized carbons (Fsp3) is 0.455. The second-order valence-corrected chi connectivity index (χ2v) is 4.06. The molecule has 98 valence electrons. The molecule has 0 radical (unpaired) electrons. The van der Waals surface area contributed by atoms with Gasteiger partial charge in [-0.2, -0.15) is 0 Å². The number of nitrogens with two attached hydrogens (primary N) is 1. The van der Waals surface area contributed by atoms with E-state index in [0.29, 0.717) is 18.1 Å². The number of methoxy groups -OCH3 is 1. The zero-order chi connectivity index (χ0) is 13.5. The Balaban J connectivity index is 2.84. The Labute approximate surface area is 111 Å². The van der Waals surface area contributed by atoms with Crippen LogP contribution in [-0.4, -0.2) is 41.1 Å². The van der Waals surface area contributed by atoms with Gasteiger partial charge in [0.1, 0.15) is 23.0 Å². The Hall–Kier alpha value is -1.76. The molecule has 6 nitrogen and oxygen atoms in total. The monoisotopic (exact) mass is 268 g/mol. The highest BCUT2D eigenvalue weighted by Crippen LogP contribution is 2.09. The molecule has 0 saturated heterocycles. The third kappa shape index (κ3) is 3.92. The fourth-order valence-electron chi connectivity index (χ4n) is 1.38. The van der Waals surface area contributed by atoms with Crippen molar-refractivity contribution in [3.63, 3.8) is 0 Å². The number of rotatable bonds is 6. The van der Waals surface area contributed by atoms with Crippen molar-refractivity contribution in [2.75, 3.05) is 25.1 Å². The van der Waals surface area contributed by atoms with Crippen molar-refractivity contribution in [2.45, 2.75) is 13.3 Å². The first kappa shape index (κ1) is 14.3. The molecule has 0 saturated carbocycles. The van der Waals surface area contributed by atoms with Crippen LogP contribution < -0.4 is 10.6 Å². The average Bonchev–Trinajstić information content (AvgIpc) is 2.38. The van der Waals surface area contributed by atoms with Gasteiger partial charge in [-0.05, 0) is 6.42 Å². The third-order valence-corrected chi connectivity index (χ3v) is 2.46. The molecule has 1 heterocycles. The maximum atomic E-state index is 11.3. The van der Waals surface area contributed by atoms with Crippen molar-refractivity contribution in [1.82, 2.24) is 9.97 Å². The summed E-state index contributed by atoms with van der Waals surface area (Å²) in [7, 11) is 1.36. The summed E-state index contributed by atoms with van der Waals surface area (Å²) in [5, 5.41) is 0. The second kappa shape index (κ2) is 6.85. The molecule has 0 bridgehead atoms. The van der Waals surface area contributed by atoms with E-state index in [0.717, 1.165) is 6.42 Å². The summed E-state index contributed by atoms with van der Waals surface area (Å²) in [5.74, 6) is 0.283. The quantitative estimate of drug-likeness (QED) is 0.594. The van der Waals surface area contributed by atoms with Crippen molar-refractivity contribution < 1.29 is 9.53 Å². The molecule has 0 aromatic carbocycles. The van der Waals surface area contributed by atoms with Gasteiger partial charge in [0, 0.05) is 6.54 Å². The molecule has 0 amide bonds. The lowest BCUT2D eigenvalue weighted by molar-refractivity contribution is -0.138. The van der Waals surface area contributed by atoms with Crippen LogP contribution in [0.1, 0.15) is 19.0 Å². The summed E-state index contributed by atoms with van der Waals surface area (Å²) in [6.07, 6.45) is 3.93. The summed E-state index contributed by atoms with van der Waals surface area (Å²) in [4.78, 5) is 21.6. The Morgan fingerprint density at radius 3 is 2.67 bits per heavy atom. The number of carbonyl (C=O) groups is 1. The first-order valence-electron chi connectivity index (χ1n) is 5.52. The van der Waals surface area contributed by atoms with Crippen LogP contribution in [0.3, 0.4) is 0 Å². The summed E-state index contributed by atoms with van der Waals surface area (Å²) in [6, 6.07) is 0. The summed E-state index contributed by atoms with van der Waals surface area (Å²) < 4.78 is 4.64. The van der Waals surface area contributed by atoms with Crippen LogP contribution in [0.15, 0.2) is 12.4 Å². The predicted octanol–water partition coefficient (Wildman–Crippen LogP) is 0.500. The Morgan fingerprint density at radius 1 is 1.50 bits per heavy atom. The third-order valence-electron chi connectivity index (χ3n) is 2.26. The number of nitrogens with zero attached hydrogens (tertiary/aromatic N) is 3. The van der Waals surface area contributed by atoms with Gasteiger partial charge in [-0.3, -0.25) is 4.79 Å². The van der Waals surface area contributed by atoms with Crippen LogP contribution in [0.4, 0.5) is 5.82 Å². The van der Waals surface area contributed by atoms with Crippen molar-refractivity contribution in [1.29, 1.82) is 0 Å². The summed E-state index contributed by atoms with van der Waals surface area (Å²) in [5.41, 5.74) is 5.90. The molecule has 1 aromatic rings. The average molecular weight is 268 g/mol. The lowest BCUT2D eigenvalue weighted by Gasteiger charge is -2.21. The molecule has 18 heavy (non-hydrogen) atoms. The highest BCUT2D eigenvalue weighted by Gasteiger charge is 2.13. The largest absolute Gasteiger partial charge is 0.468 e. The Kier molecular flexibility index (Phi) is 5.44. The molecule has 2 N–H and O–H groups in total. The lowest BCUT2D eigenvalue weighted by atomic mass is 10.4. The van der Waals surface area contributed by atoms with Gasteiger partial charge >= 0.3 is 5.97 Å². The van der Waals surface area contributed by atoms with Crippen molar-refractivity contribution in [3.05, 3.63) is 18.1 Å². The number of anilines is 1. The molecule has 0 spiro atoms. The van der Waals surface area contributed by atoms with Gasteiger partial charge in [0.15, 0.2) is 0 Å². The SMILES string of the molecule is CCCN(CC(=O)OC)c1cnc(C(N)=S)cn1. The van der Waals surface area contributed by atoms with Crippen molar-refractivity contribution >= 4 is 29.0 Å². The molecule has 0 aliphatic rings. The molecule has 0 aliphatic carbocycles. The van der Waals surface area contributed by atoms with Crippen LogP contribution in [0.5, 0.6) is 0 Å². The fourth-order valence-corrected chi connectivity index (χ4v) is 1.48. The molecule has 0 fully saturated rings. The molecule has 0 unspecified atom stereocenters. The minimum absolute atomic E-state index is 0.144.